The molecule has 1 atom stereocenters. The summed E-state index contributed by atoms with van der Waals surface area (Å²) in [4.78, 5) is 36.7. The predicted octanol–water partition coefficient (Wildman–Crippen LogP) is 4.98. The van der Waals surface area contributed by atoms with Crippen LogP contribution in [0.2, 0.25) is 0 Å². The maximum Gasteiger partial charge on any atom is 0.245 e. The fourth-order valence-electron chi connectivity index (χ4n) is 4.50. The number of aromatic nitrogens is 2. The van der Waals surface area contributed by atoms with Crippen molar-refractivity contribution in [1.82, 2.24) is 14.9 Å². The van der Waals surface area contributed by atoms with Gasteiger partial charge in [-0.15, -0.1) is 11.3 Å². The molecule has 2 heterocycles. The molecule has 0 aliphatic heterocycles. The van der Waals surface area contributed by atoms with Crippen molar-refractivity contribution in [3.63, 3.8) is 0 Å². The van der Waals surface area contributed by atoms with Crippen LogP contribution < -0.4 is 14.8 Å². The number of ether oxygens (including phenoxy) is 2. The van der Waals surface area contributed by atoms with E-state index in [2.05, 4.69) is 15.3 Å². The number of hydrogen-bond acceptors (Lipinski definition) is 7. The number of carbonyl (C=O) groups excluding carboxylic acids is 2. The zero-order valence-corrected chi connectivity index (χ0v) is 23.7. The number of anilines is 1. The largest absolute Gasteiger partial charge is 0.493 e. The van der Waals surface area contributed by atoms with E-state index in [0.717, 1.165) is 29.8 Å². The number of allylic oxidation sites excluding steroid dienone is 4. The summed E-state index contributed by atoms with van der Waals surface area (Å²) >= 11 is 0.955. The van der Waals surface area contributed by atoms with Crippen LogP contribution in [0.4, 0.5) is 10.2 Å². The van der Waals surface area contributed by atoms with Gasteiger partial charge < -0.3 is 29.8 Å². The minimum atomic E-state index is -0.905. The molecule has 1 aromatic carbocycles. The average molecular weight is 569 g/mol. The molecule has 40 heavy (non-hydrogen) atoms. The first-order valence-corrected chi connectivity index (χ1v) is 13.7. The lowest BCUT2D eigenvalue weighted by molar-refractivity contribution is -0.138. The van der Waals surface area contributed by atoms with Gasteiger partial charge in [0.25, 0.3) is 0 Å². The lowest BCUT2D eigenvalue weighted by atomic mass is 9.97. The van der Waals surface area contributed by atoms with Gasteiger partial charge in [0, 0.05) is 6.04 Å². The van der Waals surface area contributed by atoms with Crippen LogP contribution >= 0.6 is 11.3 Å². The standard InChI is InChI=1S/C29H33FN4O5S/c1-17(2)34(29(37)20(16-35)19-10-11-21(38-3)22(14-19)39-4)15-25(36)31-28-26(18-8-6-5-7-9-18)32-27(33-28)23-12-13-24(30)40-23/h5-6,8,10-14,17,20,35H,7,9,15-16H2,1-4H3,(H,31,36)(H,32,33). The maximum atomic E-state index is 13.7. The third-order valence-corrected chi connectivity index (χ3v) is 7.48. The molecule has 0 bridgehead atoms. The molecule has 11 heteroatoms. The Bertz CT molecular complexity index is 1430. The number of benzene rings is 1. The van der Waals surface area contributed by atoms with Crippen molar-refractivity contribution in [1.29, 1.82) is 0 Å². The van der Waals surface area contributed by atoms with Crippen LogP contribution in [0.1, 0.15) is 43.9 Å². The summed E-state index contributed by atoms with van der Waals surface area (Å²) < 4.78 is 24.3. The SMILES string of the molecule is COc1ccc(C(CO)C(=O)N(CC(=O)Nc2[nH]c(-c3ccc(F)s3)nc2C2=CC=CCC2)C(C)C)cc1OC. The number of nitrogens with one attached hydrogen (secondary N) is 2. The topological polar surface area (TPSA) is 117 Å². The molecule has 4 rings (SSSR count). The summed E-state index contributed by atoms with van der Waals surface area (Å²) in [6.07, 6.45) is 7.50. The lowest BCUT2D eigenvalue weighted by Gasteiger charge is -2.30. The second-order valence-corrected chi connectivity index (χ2v) is 10.6. The fraction of sp³-hybridized carbons (Fsp3) is 0.345. The number of rotatable bonds is 11. The molecule has 0 fully saturated rings. The van der Waals surface area contributed by atoms with Crippen molar-refractivity contribution in [2.75, 3.05) is 32.7 Å². The van der Waals surface area contributed by atoms with Crippen molar-refractivity contribution in [3.8, 4) is 22.2 Å². The Morgan fingerprint density at radius 2 is 1.98 bits per heavy atom. The first-order chi connectivity index (χ1) is 19.2. The normalized spacial score (nSPS) is 13.6. The van der Waals surface area contributed by atoms with Crippen LogP contribution in [0.3, 0.4) is 0 Å². The van der Waals surface area contributed by atoms with E-state index >= 15 is 0 Å². The van der Waals surface area contributed by atoms with Gasteiger partial charge in [-0.25, -0.2) is 4.98 Å². The van der Waals surface area contributed by atoms with Crippen LogP contribution in [0.25, 0.3) is 16.3 Å². The molecule has 212 valence electrons. The minimum absolute atomic E-state index is 0.249. The van der Waals surface area contributed by atoms with E-state index in [1.165, 1.54) is 25.2 Å². The van der Waals surface area contributed by atoms with Gasteiger partial charge in [0.1, 0.15) is 23.9 Å². The molecular formula is C29H33FN4O5S. The van der Waals surface area contributed by atoms with E-state index in [0.29, 0.717) is 39.3 Å². The zero-order chi connectivity index (χ0) is 28.8. The van der Waals surface area contributed by atoms with Crippen molar-refractivity contribution < 1.29 is 28.6 Å². The molecule has 1 aliphatic carbocycles. The summed E-state index contributed by atoms with van der Waals surface area (Å²) in [6, 6.07) is 7.68. The molecule has 2 aromatic heterocycles. The van der Waals surface area contributed by atoms with Gasteiger partial charge in [-0.05, 0) is 62.1 Å². The molecule has 3 aromatic rings. The average Bonchev–Trinajstić information content (AvgIpc) is 3.58. The summed E-state index contributed by atoms with van der Waals surface area (Å²) in [5, 5.41) is 12.7. The number of carbonyl (C=O) groups is 2. The number of aliphatic hydroxyl groups is 1. The zero-order valence-electron chi connectivity index (χ0n) is 22.9. The van der Waals surface area contributed by atoms with Crippen molar-refractivity contribution in [3.05, 3.63) is 64.9 Å². The van der Waals surface area contributed by atoms with E-state index in [9.17, 15) is 19.1 Å². The number of aliphatic hydroxyl groups excluding tert-OH is 1. The number of methoxy groups -OCH3 is 2. The van der Waals surface area contributed by atoms with E-state index < -0.39 is 24.3 Å². The maximum absolute atomic E-state index is 13.7. The summed E-state index contributed by atoms with van der Waals surface area (Å²) in [6.45, 7) is 2.91. The number of amides is 2. The highest BCUT2D eigenvalue weighted by atomic mass is 32.1. The number of aromatic amines is 1. The number of hydrogen-bond donors (Lipinski definition) is 3. The monoisotopic (exact) mass is 568 g/mol. The second-order valence-electron chi connectivity index (χ2n) is 9.53. The Morgan fingerprint density at radius 3 is 2.58 bits per heavy atom. The van der Waals surface area contributed by atoms with Crippen LogP contribution in [0, 0.1) is 5.13 Å². The number of nitrogens with zero attached hydrogens (tertiary/aromatic N) is 2. The van der Waals surface area contributed by atoms with Gasteiger partial charge in [-0.3, -0.25) is 9.59 Å². The predicted molar refractivity (Wildman–Crippen MR) is 153 cm³/mol. The quantitative estimate of drug-likeness (QED) is 0.301. The highest BCUT2D eigenvalue weighted by molar-refractivity contribution is 7.13. The minimum Gasteiger partial charge on any atom is -0.493 e. The van der Waals surface area contributed by atoms with Gasteiger partial charge in [0.05, 0.1) is 31.6 Å². The molecule has 1 aliphatic rings. The van der Waals surface area contributed by atoms with Crippen molar-refractivity contribution >= 4 is 34.5 Å². The molecule has 3 N–H and O–H groups in total. The Hall–Kier alpha value is -3.96. The smallest absolute Gasteiger partial charge is 0.245 e. The number of H-pyrrole nitrogens is 1. The van der Waals surface area contributed by atoms with Gasteiger partial charge in [0.15, 0.2) is 16.6 Å². The van der Waals surface area contributed by atoms with Gasteiger partial charge in [-0.2, -0.15) is 4.39 Å². The lowest BCUT2D eigenvalue weighted by Crippen LogP contribution is -2.45. The van der Waals surface area contributed by atoms with Crippen molar-refractivity contribution in [2.45, 2.75) is 38.6 Å². The van der Waals surface area contributed by atoms with Crippen LogP contribution in [-0.2, 0) is 9.59 Å². The molecular weight excluding hydrogens is 535 g/mol. The molecule has 1 unspecified atom stereocenters. The molecule has 0 saturated carbocycles. The second kappa shape index (κ2) is 12.9. The number of imidazole rings is 1. The van der Waals surface area contributed by atoms with E-state index in [-0.39, 0.29) is 17.7 Å². The van der Waals surface area contributed by atoms with Crippen LogP contribution in [-0.4, -0.2) is 65.2 Å². The summed E-state index contributed by atoms with van der Waals surface area (Å²) in [5.41, 5.74) is 2.04. The van der Waals surface area contributed by atoms with E-state index in [1.54, 1.807) is 38.1 Å². The summed E-state index contributed by atoms with van der Waals surface area (Å²) in [7, 11) is 3.01. The Kier molecular flexibility index (Phi) is 9.38. The molecule has 2 amide bonds. The Morgan fingerprint density at radius 1 is 1.20 bits per heavy atom. The number of thiophene rings is 1. The van der Waals surface area contributed by atoms with Gasteiger partial charge >= 0.3 is 0 Å². The first-order valence-electron chi connectivity index (χ1n) is 12.9. The van der Waals surface area contributed by atoms with Gasteiger partial charge in [-0.1, -0.05) is 24.3 Å². The van der Waals surface area contributed by atoms with Crippen LogP contribution in [0.5, 0.6) is 11.5 Å². The van der Waals surface area contributed by atoms with Gasteiger partial charge in [0.2, 0.25) is 11.8 Å². The Labute approximate surface area is 236 Å². The highest BCUT2D eigenvalue weighted by Crippen LogP contribution is 2.34. The molecule has 0 radical (unpaired) electrons. The Balaban J connectivity index is 1.57. The van der Waals surface area contributed by atoms with E-state index in [4.69, 9.17) is 9.47 Å². The fourth-order valence-corrected chi connectivity index (χ4v) is 5.17. The third-order valence-electron chi connectivity index (χ3n) is 6.60. The third kappa shape index (κ3) is 6.43. The summed E-state index contributed by atoms with van der Waals surface area (Å²) in [5.74, 6) is 0.00759. The number of halogens is 1. The van der Waals surface area contributed by atoms with E-state index in [1.807, 2.05) is 18.2 Å². The molecule has 0 saturated heterocycles. The molecule has 0 spiro atoms. The molecule has 9 nitrogen and oxygen atoms in total. The van der Waals surface area contributed by atoms with Crippen LogP contribution in [0.15, 0.2) is 48.6 Å². The highest BCUT2D eigenvalue weighted by Gasteiger charge is 2.30. The first kappa shape index (κ1) is 29.0. The van der Waals surface area contributed by atoms with Crippen molar-refractivity contribution in [2.24, 2.45) is 0 Å².